The Morgan fingerprint density at radius 1 is 0.718 bits per heavy atom. The summed E-state index contributed by atoms with van der Waals surface area (Å²) in [6, 6.07) is 37.9. The fraction of sp³-hybridized carbons (Fsp3) is 0.176. The highest BCUT2D eigenvalue weighted by molar-refractivity contribution is 5.94. The van der Waals surface area contributed by atoms with Gasteiger partial charge in [0.15, 0.2) is 0 Å². The molecule has 0 aliphatic heterocycles. The first-order chi connectivity index (χ1) is 19.1. The van der Waals surface area contributed by atoms with E-state index in [9.17, 15) is 14.7 Å². The van der Waals surface area contributed by atoms with Crippen LogP contribution in [0.3, 0.4) is 0 Å². The Bertz CT molecular complexity index is 1490. The number of carbonyl (C=O) groups is 2. The van der Waals surface area contributed by atoms with Gasteiger partial charge in [-0.2, -0.15) is 0 Å². The number of aromatic nitrogens is 1. The first-order valence-electron chi connectivity index (χ1n) is 13.4. The molecule has 5 nitrogen and oxygen atoms in total. The van der Waals surface area contributed by atoms with Gasteiger partial charge in [0.1, 0.15) is 0 Å². The Kier molecular flexibility index (Phi) is 8.18. The summed E-state index contributed by atoms with van der Waals surface area (Å²) in [5.74, 6) is 0.190. The first kappa shape index (κ1) is 26.0. The standard InChI is InChI=1S/C34H32N2O3/c37-33(28-17-8-3-9-18-28)35(23-12-19-29-25-36(34(38)39)32-21-11-10-20-31(29)32)24-22-30(26-13-4-1-5-14-26)27-15-6-2-7-16-27/h1-11,13-18,20-21,25,30H,12,19,22-24H2,(H,38,39). The number of rotatable bonds is 10. The van der Waals surface area contributed by atoms with Crippen molar-refractivity contribution in [3.63, 3.8) is 0 Å². The van der Waals surface area contributed by atoms with E-state index < -0.39 is 6.09 Å². The number of para-hydroxylation sites is 1. The second-order valence-electron chi connectivity index (χ2n) is 9.75. The Labute approximate surface area is 229 Å². The highest BCUT2D eigenvalue weighted by Crippen LogP contribution is 2.29. The van der Waals surface area contributed by atoms with Crippen molar-refractivity contribution in [2.75, 3.05) is 13.1 Å². The molecule has 0 saturated carbocycles. The molecule has 1 amide bonds. The largest absolute Gasteiger partial charge is 0.464 e. The van der Waals surface area contributed by atoms with Gasteiger partial charge < -0.3 is 10.0 Å². The van der Waals surface area contributed by atoms with Crippen LogP contribution >= 0.6 is 0 Å². The fourth-order valence-corrected chi connectivity index (χ4v) is 5.33. The Morgan fingerprint density at radius 2 is 1.28 bits per heavy atom. The quantitative estimate of drug-likeness (QED) is 0.209. The first-order valence-corrected chi connectivity index (χ1v) is 13.4. The molecule has 39 heavy (non-hydrogen) atoms. The molecule has 1 N–H and O–H groups in total. The number of nitrogens with zero attached hydrogens (tertiary/aromatic N) is 2. The van der Waals surface area contributed by atoms with E-state index in [-0.39, 0.29) is 11.8 Å². The molecular weight excluding hydrogens is 484 g/mol. The predicted octanol–water partition coefficient (Wildman–Crippen LogP) is 7.46. The molecule has 0 fully saturated rings. The number of benzene rings is 4. The number of carbonyl (C=O) groups excluding carboxylic acids is 1. The number of hydrogen-bond donors (Lipinski definition) is 1. The van der Waals surface area contributed by atoms with Gasteiger partial charge in [-0.25, -0.2) is 4.79 Å². The van der Waals surface area contributed by atoms with E-state index in [2.05, 4.69) is 48.5 Å². The second kappa shape index (κ2) is 12.3. The van der Waals surface area contributed by atoms with Crippen molar-refractivity contribution >= 4 is 22.9 Å². The zero-order valence-electron chi connectivity index (χ0n) is 21.8. The van der Waals surface area contributed by atoms with Crippen LogP contribution in [-0.2, 0) is 6.42 Å². The molecule has 4 aromatic carbocycles. The lowest BCUT2D eigenvalue weighted by Crippen LogP contribution is -2.34. The van der Waals surface area contributed by atoms with Gasteiger partial charge in [-0.15, -0.1) is 0 Å². The monoisotopic (exact) mass is 516 g/mol. The minimum atomic E-state index is -0.994. The molecule has 1 heterocycles. The molecule has 0 saturated heterocycles. The van der Waals surface area contributed by atoms with Crippen LogP contribution in [0.1, 0.15) is 45.8 Å². The highest BCUT2D eigenvalue weighted by Gasteiger charge is 2.20. The van der Waals surface area contributed by atoms with Crippen LogP contribution in [0.4, 0.5) is 4.79 Å². The van der Waals surface area contributed by atoms with E-state index in [4.69, 9.17) is 0 Å². The van der Waals surface area contributed by atoms with Gasteiger partial charge in [0.05, 0.1) is 5.52 Å². The number of carboxylic acid groups (broad SMARTS) is 1. The summed E-state index contributed by atoms with van der Waals surface area (Å²) in [5.41, 5.74) is 4.81. The smallest absolute Gasteiger partial charge is 0.416 e. The predicted molar refractivity (Wildman–Crippen MR) is 155 cm³/mol. The van der Waals surface area contributed by atoms with Crippen LogP contribution in [0.5, 0.6) is 0 Å². The summed E-state index contributed by atoms with van der Waals surface area (Å²) in [6.07, 6.45) is 2.92. The molecule has 5 rings (SSSR count). The van der Waals surface area contributed by atoms with E-state index in [1.807, 2.05) is 71.6 Å². The molecule has 196 valence electrons. The third kappa shape index (κ3) is 6.10. The number of hydrogen-bond acceptors (Lipinski definition) is 2. The maximum atomic E-state index is 13.6. The van der Waals surface area contributed by atoms with Gasteiger partial charge in [0, 0.05) is 36.2 Å². The van der Waals surface area contributed by atoms with Gasteiger partial charge in [-0.3, -0.25) is 9.36 Å². The third-order valence-electron chi connectivity index (χ3n) is 7.27. The van der Waals surface area contributed by atoms with Crippen LogP contribution in [-0.4, -0.2) is 39.7 Å². The maximum absolute atomic E-state index is 13.6. The summed E-state index contributed by atoms with van der Waals surface area (Å²) in [4.78, 5) is 27.3. The van der Waals surface area contributed by atoms with E-state index >= 15 is 0 Å². The minimum Gasteiger partial charge on any atom is -0.464 e. The molecule has 5 heteroatoms. The van der Waals surface area contributed by atoms with Crippen molar-refractivity contribution in [3.8, 4) is 0 Å². The van der Waals surface area contributed by atoms with Gasteiger partial charge in [0.2, 0.25) is 0 Å². The zero-order valence-corrected chi connectivity index (χ0v) is 21.8. The fourth-order valence-electron chi connectivity index (χ4n) is 5.33. The normalized spacial score (nSPS) is 11.1. The summed E-state index contributed by atoms with van der Waals surface area (Å²) >= 11 is 0. The molecule has 0 bridgehead atoms. The SMILES string of the molecule is O=C(c1ccccc1)N(CCCc1cn(C(=O)O)c2ccccc12)CCC(c1ccccc1)c1ccccc1. The summed E-state index contributed by atoms with van der Waals surface area (Å²) in [5, 5.41) is 10.6. The maximum Gasteiger partial charge on any atom is 0.416 e. The zero-order chi connectivity index (χ0) is 27.0. The average Bonchev–Trinajstić information content (AvgIpc) is 3.36. The molecular formula is C34H32N2O3. The van der Waals surface area contributed by atoms with Crippen molar-refractivity contribution in [2.24, 2.45) is 0 Å². The molecule has 0 aliphatic rings. The van der Waals surface area contributed by atoms with Gasteiger partial charge in [-0.05, 0) is 54.2 Å². The molecule has 0 radical (unpaired) electrons. The summed E-state index contributed by atoms with van der Waals surface area (Å²) in [6.45, 7) is 1.19. The second-order valence-corrected chi connectivity index (χ2v) is 9.75. The molecule has 0 spiro atoms. The molecule has 0 atom stereocenters. The molecule has 0 aliphatic carbocycles. The highest BCUT2D eigenvalue weighted by atomic mass is 16.4. The van der Waals surface area contributed by atoms with E-state index in [1.54, 1.807) is 6.20 Å². The molecule has 5 aromatic rings. The molecule has 1 aromatic heterocycles. The Hall–Kier alpha value is -4.64. The van der Waals surface area contributed by atoms with Crippen LogP contribution < -0.4 is 0 Å². The van der Waals surface area contributed by atoms with Crippen molar-refractivity contribution in [1.82, 2.24) is 9.47 Å². The van der Waals surface area contributed by atoms with Gasteiger partial charge in [-0.1, -0.05) is 97.1 Å². The Balaban J connectivity index is 1.36. The average molecular weight is 517 g/mol. The van der Waals surface area contributed by atoms with Crippen LogP contribution in [0, 0.1) is 0 Å². The molecule has 0 unspecified atom stereocenters. The van der Waals surface area contributed by atoms with Crippen molar-refractivity contribution in [3.05, 3.63) is 144 Å². The number of fused-ring (bicyclic) bond motifs is 1. The van der Waals surface area contributed by atoms with E-state index in [1.165, 1.54) is 15.7 Å². The van der Waals surface area contributed by atoms with E-state index in [0.29, 0.717) is 30.6 Å². The summed E-state index contributed by atoms with van der Waals surface area (Å²) in [7, 11) is 0. The van der Waals surface area contributed by atoms with Crippen LogP contribution in [0.2, 0.25) is 0 Å². The van der Waals surface area contributed by atoms with Gasteiger partial charge >= 0.3 is 6.09 Å². The van der Waals surface area contributed by atoms with Crippen molar-refractivity contribution in [2.45, 2.75) is 25.2 Å². The lowest BCUT2D eigenvalue weighted by molar-refractivity contribution is 0.0750. The number of amides is 1. The van der Waals surface area contributed by atoms with E-state index in [0.717, 1.165) is 23.8 Å². The number of aryl methyl sites for hydroxylation is 1. The lowest BCUT2D eigenvalue weighted by Gasteiger charge is -2.26. The van der Waals surface area contributed by atoms with Crippen molar-refractivity contribution < 1.29 is 14.7 Å². The topological polar surface area (TPSA) is 62.5 Å². The minimum absolute atomic E-state index is 0.0171. The van der Waals surface area contributed by atoms with Gasteiger partial charge in [0.25, 0.3) is 5.91 Å². The lowest BCUT2D eigenvalue weighted by atomic mass is 9.88. The van der Waals surface area contributed by atoms with Crippen LogP contribution in [0.25, 0.3) is 10.9 Å². The third-order valence-corrected chi connectivity index (χ3v) is 7.27. The summed E-state index contributed by atoms with van der Waals surface area (Å²) < 4.78 is 1.28. The van der Waals surface area contributed by atoms with Crippen molar-refractivity contribution in [1.29, 1.82) is 0 Å². The van der Waals surface area contributed by atoms with Crippen LogP contribution in [0.15, 0.2) is 121 Å². The Morgan fingerprint density at radius 3 is 1.90 bits per heavy atom.